The molecule has 6 aromatic rings. The standard InChI is InChI=1S/C39H35N2O.Ru/c1-22-16-17-30-28-14-10-8-12-26(28)27-13-9-11-15-29(27)31-18-19-33-38-37(31)40(35(30)23(22)2)25(4)41(38)36-24(3)34(42-7)21-20-32(36)39(33,5)6;/h8-13,15-21,25H,1-7H3;/q-1;+1/t25-;/m0./s1. The van der Waals surface area contributed by atoms with Crippen molar-refractivity contribution < 1.29 is 24.2 Å². The molecule has 0 N–H and O–H groups in total. The normalized spacial score (nSPS) is 16.0. The van der Waals surface area contributed by atoms with Crippen LogP contribution >= 0.6 is 0 Å². The summed E-state index contributed by atoms with van der Waals surface area (Å²) in [6, 6.07) is 32.8. The summed E-state index contributed by atoms with van der Waals surface area (Å²) in [6.45, 7) is 13.8. The van der Waals surface area contributed by atoms with E-state index in [0.29, 0.717) is 0 Å². The molecule has 8 rings (SSSR count). The number of anilines is 2. The minimum Gasteiger partial charge on any atom is -0.496 e. The first kappa shape index (κ1) is 27.9. The Bertz CT molecular complexity index is 2220. The minimum atomic E-state index is -0.178. The number of hydrogen-bond acceptors (Lipinski definition) is 2. The maximum Gasteiger partial charge on any atom is 1.00 e. The number of methoxy groups -OCH3 is 1. The molecule has 0 bridgehead atoms. The fourth-order valence-corrected chi connectivity index (χ4v) is 7.89. The van der Waals surface area contributed by atoms with E-state index in [1.807, 2.05) is 0 Å². The fourth-order valence-electron chi connectivity index (χ4n) is 7.89. The number of fused-ring (bicyclic) bond motifs is 9. The summed E-state index contributed by atoms with van der Waals surface area (Å²) >= 11 is 0. The summed E-state index contributed by atoms with van der Waals surface area (Å²) in [5.74, 6) is 0.929. The quantitative estimate of drug-likeness (QED) is 0.130. The molecule has 2 aliphatic rings. The molecule has 1 atom stereocenters. The van der Waals surface area contributed by atoms with Gasteiger partial charge in [-0.2, -0.15) is 0 Å². The summed E-state index contributed by atoms with van der Waals surface area (Å²) in [6.07, 6.45) is 0.0391. The molecule has 4 heteroatoms. The zero-order valence-corrected chi connectivity index (χ0v) is 27.5. The van der Waals surface area contributed by atoms with Gasteiger partial charge < -0.3 is 14.2 Å². The third kappa shape index (κ3) is 3.51. The second kappa shape index (κ2) is 9.56. The third-order valence-electron chi connectivity index (χ3n) is 10.1. The van der Waals surface area contributed by atoms with Gasteiger partial charge in [0.2, 0.25) is 0 Å². The van der Waals surface area contributed by atoms with Crippen LogP contribution in [-0.2, 0) is 24.9 Å². The van der Waals surface area contributed by atoms with E-state index >= 15 is 0 Å². The fraction of sp³-hybridized carbons (Fsp3) is 0.231. The Balaban J connectivity index is 0.00000300. The van der Waals surface area contributed by atoms with Gasteiger partial charge in [0.15, 0.2) is 0 Å². The largest absolute Gasteiger partial charge is 1.00 e. The monoisotopic (exact) mass is 649 g/mol. The van der Waals surface area contributed by atoms with Crippen molar-refractivity contribution >= 4 is 54.7 Å². The maximum atomic E-state index is 5.89. The van der Waals surface area contributed by atoms with Crippen LogP contribution in [0.25, 0.3) is 43.4 Å². The molecule has 0 spiro atoms. The molecule has 43 heavy (non-hydrogen) atoms. The van der Waals surface area contributed by atoms with Crippen LogP contribution < -0.4 is 9.64 Å². The number of ether oxygens (including phenoxy) is 1. The van der Waals surface area contributed by atoms with Crippen LogP contribution in [0.3, 0.4) is 0 Å². The van der Waals surface area contributed by atoms with Gasteiger partial charge in [-0.15, -0.1) is 35.0 Å². The van der Waals surface area contributed by atoms with Crippen molar-refractivity contribution in [3.8, 4) is 5.75 Å². The number of aryl methyl sites for hydroxylation is 2. The van der Waals surface area contributed by atoms with Crippen LogP contribution in [0.5, 0.6) is 5.75 Å². The summed E-state index contributed by atoms with van der Waals surface area (Å²) in [4.78, 5) is 2.60. The first-order valence-corrected chi connectivity index (χ1v) is 14.9. The molecule has 2 aliphatic heterocycles. The van der Waals surface area contributed by atoms with Crippen molar-refractivity contribution in [2.45, 2.75) is 53.1 Å². The van der Waals surface area contributed by atoms with Gasteiger partial charge in [-0.25, -0.2) is 0 Å². The molecular weight excluding hydrogens is 614 g/mol. The average molecular weight is 649 g/mol. The maximum absolute atomic E-state index is 5.89. The van der Waals surface area contributed by atoms with E-state index in [1.165, 1.54) is 77.2 Å². The number of benzene rings is 5. The second-order valence-corrected chi connectivity index (χ2v) is 12.6. The van der Waals surface area contributed by atoms with Crippen LogP contribution in [0.4, 0.5) is 11.4 Å². The van der Waals surface area contributed by atoms with Gasteiger partial charge in [0, 0.05) is 21.9 Å². The van der Waals surface area contributed by atoms with Crippen molar-refractivity contribution in [1.82, 2.24) is 4.57 Å². The Morgan fingerprint density at radius 2 is 1.35 bits per heavy atom. The predicted molar refractivity (Wildman–Crippen MR) is 177 cm³/mol. The molecule has 0 saturated carbocycles. The van der Waals surface area contributed by atoms with Gasteiger partial charge in [-0.1, -0.05) is 79.2 Å². The van der Waals surface area contributed by atoms with Crippen molar-refractivity contribution in [3.05, 3.63) is 113 Å². The summed E-state index contributed by atoms with van der Waals surface area (Å²) < 4.78 is 8.52. The number of nitrogens with zero attached hydrogens (tertiary/aromatic N) is 2. The van der Waals surface area contributed by atoms with Crippen molar-refractivity contribution in [2.75, 3.05) is 12.0 Å². The molecule has 215 valence electrons. The first-order chi connectivity index (χ1) is 20.3. The molecule has 1 aromatic heterocycles. The summed E-state index contributed by atoms with van der Waals surface area (Å²) in [5.41, 5.74) is 11.4. The van der Waals surface area contributed by atoms with E-state index in [4.69, 9.17) is 4.74 Å². The molecule has 3 heterocycles. The van der Waals surface area contributed by atoms with E-state index in [2.05, 4.69) is 136 Å². The summed E-state index contributed by atoms with van der Waals surface area (Å²) in [7, 11) is 1.78. The second-order valence-electron chi connectivity index (χ2n) is 12.6. The molecule has 1 radical (unpaired) electrons. The smallest absolute Gasteiger partial charge is 0.496 e. The van der Waals surface area contributed by atoms with Gasteiger partial charge >= 0.3 is 19.5 Å². The SMILES string of the molecule is COc1ccc2c(c1C)N1c3c(ccc4c5ccccc5c5ccc[c-]c5c5ccc(C)c(C)c5n(c34)[C@@H]1C)C2(C)C.[Ru+]. The first-order valence-electron chi connectivity index (χ1n) is 14.9. The Hall–Kier alpha value is -3.88. The van der Waals surface area contributed by atoms with Crippen LogP contribution in [0.1, 0.15) is 54.8 Å². The van der Waals surface area contributed by atoms with Crippen molar-refractivity contribution in [1.29, 1.82) is 0 Å². The van der Waals surface area contributed by atoms with Gasteiger partial charge in [-0.3, -0.25) is 0 Å². The molecular formula is C39H35N2ORu. The van der Waals surface area contributed by atoms with Crippen molar-refractivity contribution in [2.24, 2.45) is 0 Å². The van der Waals surface area contributed by atoms with Gasteiger partial charge in [0.1, 0.15) is 11.9 Å². The molecule has 0 saturated heterocycles. The molecule has 0 fully saturated rings. The van der Waals surface area contributed by atoms with Crippen LogP contribution in [-0.4, -0.2) is 11.7 Å². The minimum absolute atomic E-state index is 0. The van der Waals surface area contributed by atoms with E-state index in [9.17, 15) is 0 Å². The van der Waals surface area contributed by atoms with E-state index in [0.717, 1.165) is 11.1 Å². The zero-order valence-electron chi connectivity index (χ0n) is 25.7. The number of aromatic nitrogens is 1. The van der Waals surface area contributed by atoms with Crippen LogP contribution in [0, 0.1) is 26.8 Å². The van der Waals surface area contributed by atoms with E-state index < -0.39 is 0 Å². The predicted octanol–water partition coefficient (Wildman–Crippen LogP) is 10.3. The average Bonchev–Trinajstić information content (AvgIpc) is 3.30. The van der Waals surface area contributed by atoms with Crippen LogP contribution in [0.2, 0.25) is 0 Å². The molecule has 0 amide bonds. The zero-order chi connectivity index (χ0) is 29.1. The van der Waals surface area contributed by atoms with E-state index in [1.54, 1.807) is 7.11 Å². The molecule has 3 nitrogen and oxygen atoms in total. The Morgan fingerprint density at radius 3 is 2.09 bits per heavy atom. The Labute approximate surface area is 266 Å². The van der Waals surface area contributed by atoms with Gasteiger partial charge in [0.25, 0.3) is 0 Å². The molecule has 0 aliphatic carbocycles. The van der Waals surface area contributed by atoms with Gasteiger partial charge in [-0.05, 0) is 61.4 Å². The Kier molecular flexibility index (Phi) is 6.21. The van der Waals surface area contributed by atoms with Gasteiger partial charge in [0.05, 0.1) is 24.0 Å². The van der Waals surface area contributed by atoms with Crippen molar-refractivity contribution in [3.63, 3.8) is 0 Å². The third-order valence-corrected chi connectivity index (χ3v) is 10.1. The molecule has 0 unspecified atom stereocenters. The number of rotatable bonds is 1. The Morgan fingerprint density at radius 1 is 0.698 bits per heavy atom. The topological polar surface area (TPSA) is 17.4 Å². The summed E-state index contributed by atoms with van der Waals surface area (Å²) in [5, 5.41) is 7.36. The molecule has 5 aromatic carbocycles. The van der Waals surface area contributed by atoms with E-state index in [-0.39, 0.29) is 31.1 Å². The van der Waals surface area contributed by atoms with Crippen LogP contribution in [0.15, 0.2) is 78.9 Å². The number of hydrogen-bond donors (Lipinski definition) is 0.